The molecule has 2 N–H and O–H groups in total. The van der Waals surface area contributed by atoms with Crippen LogP contribution in [0.5, 0.6) is 0 Å². The first kappa shape index (κ1) is 10.3. The van der Waals surface area contributed by atoms with Gasteiger partial charge in [-0.15, -0.1) is 0 Å². The van der Waals surface area contributed by atoms with Crippen LogP contribution < -0.4 is 5.32 Å². The zero-order valence-electron chi connectivity index (χ0n) is 8.50. The largest absolute Gasteiger partial charge is 0.391 e. The fourth-order valence-electron chi connectivity index (χ4n) is 1.33. The van der Waals surface area contributed by atoms with Crippen LogP contribution >= 0.6 is 0 Å². The van der Waals surface area contributed by atoms with Crippen molar-refractivity contribution in [1.29, 1.82) is 0 Å². The van der Waals surface area contributed by atoms with Crippen LogP contribution in [-0.2, 0) is 0 Å². The van der Waals surface area contributed by atoms with Gasteiger partial charge in [0, 0.05) is 18.6 Å². The molecule has 76 valence electrons. The zero-order chi connectivity index (χ0) is 10.1. The van der Waals surface area contributed by atoms with Crippen molar-refractivity contribution in [1.82, 2.24) is 10.2 Å². The molecule has 1 atom stereocenters. The van der Waals surface area contributed by atoms with E-state index in [-0.39, 0.29) is 17.7 Å². The van der Waals surface area contributed by atoms with Crippen molar-refractivity contribution in [2.45, 2.75) is 38.8 Å². The summed E-state index contributed by atoms with van der Waals surface area (Å²) in [5.74, 6) is 0. The second-order valence-corrected chi connectivity index (χ2v) is 4.57. The summed E-state index contributed by atoms with van der Waals surface area (Å²) in [5.41, 5.74) is -0.204. The standard InChI is InChI=1S/C9H18N2O2/c1-9(2,3)10-8(13)11-5-4-7(12)6-11/h7,12H,4-6H2,1-3H3,(H,10,13)/t7-/m0/s1. The number of nitrogens with one attached hydrogen (secondary N) is 1. The number of likely N-dealkylation sites (tertiary alicyclic amines) is 1. The summed E-state index contributed by atoms with van der Waals surface area (Å²) in [7, 11) is 0. The van der Waals surface area contributed by atoms with E-state index in [1.807, 2.05) is 20.8 Å². The lowest BCUT2D eigenvalue weighted by molar-refractivity contribution is 0.168. The molecule has 0 spiro atoms. The van der Waals surface area contributed by atoms with E-state index in [2.05, 4.69) is 5.32 Å². The van der Waals surface area contributed by atoms with Crippen LogP contribution in [0.4, 0.5) is 4.79 Å². The smallest absolute Gasteiger partial charge is 0.317 e. The molecule has 0 saturated carbocycles. The van der Waals surface area contributed by atoms with Gasteiger partial charge in [0.25, 0.3) is 0 Å². The number of carbonyl (C=O) groups excluding carboxylic acids is 1. The van der Waals surface area contributed by atoms with Crippen molar-refractivity contribution in [3.8, 4) is 0 Å². The number of aliphatic hydroxyl groups is 1. The third-order valence-electron chi connectivity index (χ3n) is 1.93. The molecule has 0 aromatic carbocycles. The molecule has 13 heavy (non-hydrogen) atoms. The predicted molar refractivity (Wildman–Crippen MR) is 50.5 cm³/mol. The second kappa shape index (κ2) is 3.54. The van der Waals surface area contributed by atoms with Crippen LogP contribution in [0.1, 0.15) is 27.2 Å². The van der Waals surface area contributed by atoms with Crippen molar-refractivity contribution in [2.24, 2.45) is 0 Å². The van der Waals surface area contributed by atoms with Crippen molar-refractivity contribution in [3.05, 3.63) is 0 Å². The van der Waals surface area contributed by atoms with Crippen molar-refractivity contribution in [3.63, 3.8) is 0 Å². The Labute approximate surface area is 78.9 Å². The minimum Gasteiger partial charge on any atom is -0.391 e. The molecular weight excluding hydrogens is 168 g/mol. The maximum absolute atomic E-state index is 11.5. The van der Waals surface area contributed by atoms with Crippen LogP contribution in [0.25, 0.3) is 0 Å². The van der Waals surface area contributed by atoms with Gasteiger partial charge in [-0.3, -0.25) is 0 Å². The lowest BCUT2D eigenvalue weighted by atomic mass is 10.1. The Morgan fingerprint density at radius 2 is 2.15 bits per heavy atom. The molecule has 0 aliphatic carbocycles. The van der Waals surface area contributed by atoms with Crippen molar-refractivity contribution in [2.75, 3.05) is 13.1 Å². The normalized spacial score (nSPS) is 23.4. The lowest BCUT2D eigenvalue weighted by Gasteiger charge is -2.25. The van der Waals surface area contributed by atoms with Crippen LogP contribution in [0.3, 0.4) is 0 Å². The summed E-state index contributed by atoms with van der Waals surface area (Å²) in [6.07, 6.45) is 0.350. The number of urea groups is 1. The first-order valence-electron chi connectivity index (χ1n) is 4.63. The van der Waals surface area contributed by atoms with Gasteiger partial charge in [0.15, 0.2) is 0 Å². The first-order valence-corrected chi connectivity index (χ1v) is 4.63. The number of aliphatic hydroxyl groups excluding tert-OH is 1. The van der Waals surface area contributed by atoms with Gasteiger partial charge in [0.2, 0.25) is 0 Å². The SMILES string of the molecule is CC(C)(C)NC(=O)N1CC[C@H](O)C1. The van der Waals surface area contributed by atoms with E-state index in [9.17, 15) is 9.90 Å². The number of amides is 2. The number of nitrogens with zero attached hydrogens (tertiary/aromatic N) is 1. The van der Waals surface area contributed by atoms with Gasteiger partial charge in [-0.1, -0.05) is 0 Å². The van der Waals surface area contributed by atoms with Crippen LogP contribution in [-0.4, -0.2) is 40.8 Å². The van der Waals surface area contributed by atoms with E-state index in [0.29, 0.717) is 19.5 Å². The van der Waals surface area contributed by atoms with E-state index in [4.69, 9.17) is 0 Å². The highest BCUT2D eigenvalue weighted by Gasteiger charge is 2.26. The van der Waals surface area contributed by atoms with E-state index >= 15 is 0 Å². The Bertz CT molecular complexity index is 198. The topological polar surface area (TPSA) is 52.6 Å². The third-order valence-corrected chi connectivity index (χ3v) is 1.93. The van der Waals surface area contributed by atoms with Gasteiger partial charge in [0.05, 0.1) is 6.10 Å². The molecule has 4 heteroatoms. The average molecular weight is 186 g/mol. The second-order valence-electron chi connectivity index (χ2n) is 4.57. The molecule has 0 radical (unpaired) electrons. The summed E-state index contributed by atoms with van der Waals surface area (Å²) < 4.78 is 0. The van der Waals surface area contributed by atoms with Crippen molar-refractivity contribution >= 4 is 6.03 Å². The molecule has 1 saturated heterocycles. The number of rotatable bonds is 0. The maximum Gasteiger partial charge on any atom is 0.317 e. The van der Waals surface area contributed by atoms with Crippen LogP contribution in [0.15, 0.2) is 0 Å². The van der Waals surface area contributed by atoms with E-state index in [1.165, 1.54) is 0 Å². The van der Waals surface area contributed by atoms with Gasteiger partial charge in [0.1, 0.15) is 0 Å². The number of carbonyl (C=O) groups is 1. The zero-order valence-corrected chi connectivity index (χ0v) is 8.50. The highest BCUT2D eigenvalue weighted by Crippen LogP contribution is 2.10. The van der Waals surface area contributed by atoms with Gasteiger partial charge < -0.3 is 15.3 Å². The van der Waals surface area contributed by atoms with Gasteiger partial charge >= 0.3 is 6.03 Å². The van der Waals surface area contributed by atoms with Crippen LogP contribution in [0, 0.1) is 0 Å². The summed E-state index contributed by atoms with van der Waals surface area (Å²) in [4.78, 5) is 13.2. The van der Waals surface area contributed by atoms with Gasteiger partial charge in [-0.25, -0.2) is 4.79 Å². The molecule has 1 rings (SSSR count). The molecule has 0 bridgehead atoms. The molecule has 1 heterocycles. The molecule has 0 aromatic rings. The maximum atomic E-state index is 11.5. The molecular formula is C9H18N2O2. The lowest BCUT2D eigenvalue weighted by Crippen LogP contribution is -2.47. The summed E-state index contributed by atoms with van der Waals surface area (Å²) in [6, 6.07) is -0.0796. The van der Waals surface area contributed by atoms with E-state index < -0.39 is 0 Å². The number of hydrogen-bond acceptors (Lipinski definition) is 2. The minimum absolute atomic E-state index is 0.0796. The van der Waals surface area contributed by atoms with Gasteiger partial charge in [-0.05, 0) is 27.2 Å². The minimum atomic E-state index is -0.342. The number of β-amino-alcohol motifs (C(OH)–C–C–N with tert-alkyl or cyclic N) is 1. The molecule has 0 aromatic heterocycles. The van der Waals surface area contributed by atoms with E-state index in [1.54, 1.807) is 4.90 Å². The summed E-state index contributed by atoms with van der Waals surface area (Å²) in [5, 5.41) is 12.1. The molecule has 1 fully saturated rings. The first-order chi connectivity index (χ1) is 5.88. The highest BCUT2D eigenvalue weighted by molar-refractivity contribution is 5.75. The van der Waals surface area contributed by atoms with Crippen molar-refractivity contribution < 1.29 is 9.90 Å². The highest BCUT2D eigenvalue weighted by atomic mass is 16.3. The Balaban J connectivity index is 2.41. The quantitative estimate of drug-likeness (QED) is 0.581. The Morgan fingerprint density at radius 3 is 2.54 bits per heavy atom. The van der Waals surface area contributed by atoms with E-state index in [0.717, 1.165) is 0 Å². The molecule has 4 nitrogen and oxygen atoms in total. The molecule has 1 aliphatic rings. The summed E-state index contributed by atoms with van der Waals surface area (Å²) >= 11 is 0. The molecule has 1 aliphatic heterocycles. The fourth-order valence-corrected chi connectivity index (χ4v) is 1.33. The molecule has 2 amide bonds. The third kappa shape index (κ3) is 3.22. The Hall–Kier alpha value is -0.770. The fraction of sp³-hybridized carbons (Fsp3) is 0.889. The summed E-state index contributed by atoms with van der Waals surface area (Å²) in [6.45, 7) is 6.94. The van der Waals surface area contributed by atoms with Gasteiger partial charge in [-0.2, -0.15) is 0 Å². The predicted octanol–water partition coefficient (Wildman–Crippen LogP) is 0.561. The molecule has 0 unspecified atom stereocenters. The van der Waals surface area contributed by atoms with Crippen LogP contribution in [0.2, 0.25) is 0 Å². The average Bonchev–Trinajstić information content (AvgIpc) is 2.31. The Kier molecular flexibility index (Phi) is 2.81. The monoisotopic (exact) mass is 186 g/mol. The Morgan fingerprint density at radius 1 is 1.54 bits per heavy atom. The number of hydrogen-bond donors (Lipinski definition) is 2.